The van der Waals surface area contributed by atoms with Gasteiger partial charge in [0.1, 0.15) is 0 Å². The van der Waals surface area contributed by atoms with Crippen LogP contribution in [-0.2, 0) is 0 Å². The number of nitrogens with zero attached hydrogens (tertiary/aromatic N) is 1. The van der Waals surface area contributed by atoms with E-state index in [4.69, 9.17) is 0 Å². The molecule has 0 N–H and O–H groups in total. The molecule has 0 spiro atoms. The lowest BCUT2D eigenvalue weighted by Crippen LogP contribution is -2.27. The predicted molar refractivity (Wildman–Crippen MR) is 54.3 cm³/mol. The molecule has 1 saturated heterocycles. The van der Waals surface area contributed by atoms with Gasteiger partial charge in [-0.05, 0) is 32.9 Å². The molecule has 0 saturated carbocycles. The third-order valence-corrected chi connectivity index (χ3v) is 2.55. The minimum Gasteiger partial charge on any atom is -0.300 e. The molecule has 0 atom stereocenters. The van der Waals surface area contributed by atoms with E-state index < -0.39 is 0 Å². The molecule has 1 heterocycles. The number of allylic oxidation sites excluding steroid dienone is 1. The normalized spacial score (nSPS) is 22.4. The second-order valence-corrected chi connectivity index (χ2v) is 3.64. The summed E-state index contributed by atoms with van der Waals surface area (Å²) in [4.78, 5) is 2.57. The molecule has 0 aromatic rings. The molecule has 1 fully saturated rings. The Kier molecular flexibility index (Phi) is 5.09. The largest absolute Gasteiger partial charge is 0.300 e. The highest BCUT2D eigenvalue weighted by Crippen LogP contribution is 2.09. The fraction of sp³-hybridized carbons (Fsp3) is 0.818. The molecule has 1 heteroatoms. The van der Waals surface area contributed by atoms with Gasteiger partial charge in [0, 0.05) is 6.54 Å². The van der Waals surface area contributed by atoms with Crippen molar-refractivity contribution in [1.82, 2.24) is 4.90 Å². The van der Waals surface area contributed by atoms with Gasteiger partial charge in [-0.2, -0.15) is 0 Å². The van der Waals surface area contributed by atoms with Crippen LogP contribution in [-0.4, -0.2) is 24.5 Å². The second kappa shape index (κ2) is 6.24. The van der Waals surface area contributed by atoms with Gasteiger partial charge in [-0.1, -0.05) is 31.4 Å². The van der Waals surface area contributed by atoms with E-state index in [-0.39, 0.29) is 0 Å². The first-order valence-corrected chi connectivity index (χ1v) is 5.27. The molecule has 0 aromatic heterocycles. The second-order valence-electron chi connectivity index (χ2n) is 3.64. The predicted octanol–water partition coefficient (Wildman–Crippen LogP) is 2.83. The molecular weight excluding hydrogens is 146 g/mol. The van der Waals surface area contributed by atoms with Crippen LogP contribution in [0.15, 0.2) is 12.2 Å². The number of hydrogen-bond acceptors (Lipinski definition) is 1. The maximum absolute atomic E-state index is 2.57. The molecule has 1 aliphatic heterocycles. The third kappa shape index (κ3) is 3.91. The fourth-order valence-corrected chi connectivity index (χ4v) is 1.75. The van der Waals surface area contributed by atoms with E-state index in [9.17, 15) is 0 Å². The third-order valence-electron chi connectivity index (χ3n) is 2.55. The van der Waals surface area contributed by atoms with E-state index >= 15 is 0 Å². The molecule has 0 amide bonds. The highest BCUT2D eigenvalue weighted by atomic mass is 15.1. The molecule has 0 aliphatic carbocycles. The molecule has 70 valence electrons. The summed E-state index contributed by atoms with van der Waals surface area (Å²) in [6.07, 6.45) is 11.5. The standard InChI is InChI=1S/C11H21N/c1-2-3-9-12-10-7-5-4-6-8-11-12/h2-3H,4-11H2,1H3/b3-2+. The Labute approximate surface area is 76.5 Å². The van der Waals surface area contributed by atoms with Gasteiger partial charge in [-0.25, -0.2) is 0 Å². The lowest BCUT2D eigenvalue weighted by Gasteiger charge is -2.22. The van der Waals surface area contributed by atoms with Crippen LogP contribution in [0.1, 0.15) is 39.0 Å². The highest BCUT2D eigenvalue weighted by Gasteiger charge is 2.05. The van der Waals surface area contributed by atoms with E-state index in [2.05, 4.69) is 24.0 Å². The Morgan fingerprint density at radius 3 is 2.17 bits per heavy atom. The van der Waals surface area contributed by atoms with Crippen molar-refractivity contribution in [2.75, 3.05) is 19.6 Å². The van der Waals surface area contributed by atoms with Crippen LogP contribution < -0.4 is 0 Å². The Balaban J connectivity index is 2.20. The lowest BCUT2D eigenvalue weighted by atomic mass is 10.1. The molecule has 1 aliphatic rings. The highest BCUT2D eigenvalue weighted by molar-refractivity contribution is 4.81. The van der Waals surface area contributed by atoms with Crippen LogP contribution in [0.2, 0.25) is 0 Å². The van der Waals surface area contributed by atoms with Gasteiger partial charge in [0.15, 0.2) is 0 Å². The van der Waals surface area contributed by atoms with Crippen molar-refractivity contribution in [3.8, 4) is 0 Å². The number of hydrogen-bond donors (Lipinski definition) is 0. The molecule has 1 nitrogen and oxygen atoms in total. The summed E-state index contributed by atoms with van der Waals surface area (Å²) in [6.45, 7) is 5.88. The Morgan fingerprint density at radius 1 is 1.00 bits per heavy atom. The van der Waals surface area contributed by atoms with Crippen molar-refractivity contribution in [2.24, 2.45) is 0 Å². The average Bonchev–Trinajstić information content (AvgIpc) is 2.02. The summed E-state index contributed by atoms with van der Waals surface area (Å²) < 4.78 is 0. The zero-order chi connectivity index (χ0) is 8.65. The van der Waals surface area contributed by atoms with Crippen LogP contribution >= 0.6 is 0 Å². The molecule has 0 aromatic carbocycles. The first-order valence-electron chi connectivity index (χ1n) is 5.27. The van der Waals surface area contributed by atoms with Gasteiger partial charge in [0.25, 0.3) is 0 Å². The topological polar surface area (TPSA) is 3.24 Å². The molecule has 0 radical (unpaired) electrons. The summed E-state index contributed by atoms with van der Waals surface area (Å²) in [5.41, 5.74) is 0. The molecule has 12 heavy (non-hydrogen) atoms. The summed E-state index contributed by atoms with van der Waals surface area (Å²) in [5.74, 6) is 0. The molecule has 0 unspecified atom stereocenters. The number of rotatable bonds is 2. The van der Waals surface area contributed by atoms with E-state index in [1.54, 1.807) is 0 Å². The van der Waals surface area contributed by atoms with Gasteiger partial charge in [-0.15, -0.1) is 0 Å². The average molecular weight is 167 g/mol. The minimum atomic E-state index is 1.16. The quantitative estimate of drug-likeness (QED) is 0.572. The maximum Gasteiger partial charge on any atom is 0.0163 e. The summed E-state index contributed by atoms with van der Waals surface area (Å²) in [5, 5.41) is 0. The zero-order valence-electron chi connectivity index (χ0n) is 8.26. The molecule has 0 bridgehead atoms. The first-order chi connectivity index (χ1) is 5.93. The summed E-state index contributed by atoms with van der Waals surface area (Å²) in [6, 6.07) is 0. The van der Waals surface area contributed by atoms with Gasteiger partial charge < -0.3 is 0 Å². The van der Waals surface area contributed by atoms with Crippen molar-refractivity contribution < 1.29 is 0 Å². The Hall–Kier alpha value is -0.300. The van der Waals surface area contributed by atoms with Gasteiger partial charge in [0.2, 0.25) is 0 Å². The van der Waals surface area contributed by atoms with Gasteiger partial charge >= 0.3 is 0 Å². The smallest absolute Gasteiger partial charge is 0.0163 e. The van der Waals surface area contributed by atoms with Crippen molar-refractivity contribution in [3.63, 3.8) is 0 Å². The van der Waals surface area contributed by atoms with Crippen molar-refractivity contribution in [1.29, 1.82) is 0 Å². The minimum absolute atomic E-state index is 1.16. The van der Waals surface area contributed by atoms with Crippen LogP contribution in [0.5, 0.6) is 0 Å². The van der Waals surface area contributed by atoms with E-state index in [1.165, 1.54) is 45.2 Å². The lowest BCUT2D eigenvalue weighted by molar-refractivity contribution is 0.271. The Morgan fingerprint density at radius 2 is 1.58 bits per heavy atom. The van der Waals surface area contributed by atoms with E-state index in [0.29, 0.717) is 0 Å². The zero-order valence-corrected chi connectivity index (χ0v) is 8.26. The van der Waals surface area contributed by atoms with Crippen LogP contribution in [0, 0.1) is 0 Å². The first kappa shape index (κ1) is 9.79. The maximum atomic E-state index is 2.57. The van der Waals surface area contributed by atoms with Gasteiger partial charge in [-0.3, -0.25) is 4.90 Å². The van der Waals surface area contributed by atoms with E-state index in [1.807, 2.05) is 0 Å². The molecule has 1 rings (SSSR count). The molecular formula is C11H21N. The van der Waals surface area contributed by atoms with Crippen molar-refractivity contribution >= 4 is 0 Å². The van der Waals surface area contributed by atoms with Gasteiger partial charge in [0.05, 0.1) is 0 Å². The Bertz CT molecular complexity index is 121. The van der Waals surface area contributed by atoms with Crippen molar-refractivity contribution in [3.05, 3.63) is 12.2 Å². The summed E-state index contributed by atoms with van der Waals surface area (Å²) >= 11 is 0. The van der Waals surface area contributed by atoms with Crippen molar-refractivity contribution in [2.45, 2.75) is 39.0 Å². The SMILES string of the molecule is C/C=C/CN1CCCCCCC1. The number of likely N-dealkylation sites (tertiary alicyclic amines) is 1. The van der Waals surface area contributed by atoms with Crippen LogP contribution in [0.25, 0.3) is 0 Å². The van der Waals surface area contributed by atoms with Crippen LogP contribution in [0.4, 0.5) is 0 Å². The van der Waals surface area contributed by atoms with E-state index in [0.717, 1.165) is 6.54 Å². The summed E-state index contributed by atoms with van der Waals surface area (Å²) in [7, 11) is 0. The van der Waals surface area contributed by atoms with Crippen LogP contribution in [0.3, 0.4) is 0 Å². The monoisotopic (exact) mass is 167 g/mol. The fourth-order valence-electron chi connectivity index (χ4n) is 1.75.